The highest BCUT2D eigenvalue weighted by Gasteiger charge is 2.36. The molecule has 0 bridgehead atoms. The molecule has 0 aromatic rings. The van der Waals surface area contributed by atoms with Gasteiger partial charge in [-0.25, -0.2) is 0 Å². The molecule has 4 nitrogen and oxygen atoms in total. The van der Waals surface area contributed by atoms with Crippen molar-refractivity contribution >= 4 is 18.3 Å². The number of nitrogens with two attached hydrogens (primary N) is 1. The second kappa shape index (κ2) is 7.09. The summed E-state index contributed by atoms with van der Waals surface area (Å²) in [6.45, 7) is 3.22. The SMILES string of the molecule is COCCC1(CNC(=O)[C@@H](C)N)CCC1.Cl. The van der Waals surface area contributed by atoms with E-state index in [1.54, 1.807) is 14.0 Å². The minimum Gasteiger partial charge on any atom is -0.385 e. The topological polar surface area (TPSA) is 64.3 Å². The first kappa shape index (κ1) is 15.7. The van der Waals surface area contributed by atoms with Crippen LogP contribution < -0.4 is 11.1 Å². The summed E-state index contributed by atoms with van der Waals surface area (Å²) in [4.78, 5) is 11.3. The number of hydrogen-bond acceptors (Lipinski definition) is 3. The maximum Gasteiger partial charge on any atom is 0.236 e. The van der Waals surface area contributed by atoms with Gasteiger partial charge in [0.1, 0.15) is 0 Å². The lowest BCUT2D eigenvalue weighted by molar-refractivity contribution is -0.123. The average Bonchev–Trinajstić information content (AvgIpc) is 2.15. The van der Waals surface area contributed by atoms with E-state index >= 15 is 0 Å². The number of ether oxygens (including phenoxy) is 1. The lowest BCUT2D eigenvalue weighted by atomic mass is 9.66. The van der Waals surface area contributed by atoms with E-state index in [9.17, 15) is 4.79 Å². The quantitative estimate of drug-likeness (QED) is 0.742. The van der Waals surface area contributed by atoms with Crippen molar-refractivity contribution in [2.24, 2.45) is 11.1 Å². The molecule has 0 saturated heterocycles. The van der Waals surface area contributed by atoms with Crippen LogP contribution in [0.3, 0.4) is 0 Å². The van der Waals surface area contributed by atoms with E-state index in [0.717, 1.165) is 19.6 Å². The zero-order valence-electron chi connectivity index (χ0n) is 10.1. The Kier molecular flexibility index (Phi) is 6.95. The molecule has 1 fully saturated rings. The van der Waals surface area contributed by atoms with Gasteiger partial charge in [0.2, 0.25) is 5.91 Å². The third-order valence-electron chi connectivity index (χ3n) is 3.30. The van der Waals surface area contributed by atoms with Crippen LogP contribution in [0.1, 0.15) is 32.6 Å². The first-order valence-electron chi connectivity index (χ1n) is 5.62. The molecule has 1 aliphatic carbocycles. The Balaban J connectivity index is 0.00000225. The van der Waals surface area contributed by atoms with E-state index in [2.05, 4.69) is 5.32 Å². The van der Waals surface area contributed by atoms with E-state index < -0.39 is 6.04 Å². The number of carbonyl (C=O) groups is 1. The lowest BCUT2D eigenvalue weighted by Crippen LogP contribution is -2.47. The number of nitrogens with one attached hydrogen (secondary N) is 1. The monoisotopic (exact) mass is 250 g/mol. The molecule has 0 aromatic carbocycles. The standard InChI is InChI=1S/C11H22N2O2.ClH/c1-9(12)10(14)13-8-11(4-3-5-11)6-7-15-2;/h9H,3-8,12H2,1-2H3,(H,13,14);1H/t9-;/m1./s1. The maximum absolute atomic E-state index is 11.3. The Morgan fingerprint density at radius 3 is 2.56 bits per heavy atom. The second-order valence-electron chi connectivity index (χ2n) is 4.60. The summed E-state index contributed by atoms with van der Waals surface area (Å²) in [5, 5.41) is 2.91. The molecule has 0 aliphatic heterocycles. The molecule has 5 heteroatoms. The largest absolute Gasteiger partial charge is 0.385 e. The van der Waals surface area contributed by atoms with Crippen molar-refractivity contribution in [1.82, 2.24) is 5.32 Å². The van der Waals surface area contributed by atoms with Crippen molar-refractivity contribution in [2.75, 3.05) is 20.3 Å². The zero-order valence-corrected chi connectivity index (χ0v) is 10.9. The second-order valence-corrected chi connectivity index (χ2v) is 4.60. The third kappa shape index (κ3) is 4.28. The van der Waals surface area contributed by atoms with Crippen LogP contribution in [0.2, 0.25) is 0 Å². The van der Waals surface area contributed by atoms with E-state index in [1.165, 1.54) is 19.3 Å². The van der Waals surface area contributed by atoms with E-state index in [-0.39, 0.29) is 23.7 Å². The highest BCUT2D eigenvalue weighted by Crippen LogP contribution is 2.43. The van der Waals surface area contributed by atoms with Crippen molar-refractivity contribution in [3.63, 3.8) is 0 Å². The fourth-order valence-corrected chi connectivity index (χ4v) is 1.95. The van der Waals surface area contributed by atoms with E-state index in [0.29, 0.717) is 0 Å². The molecule has 1 rings (SSSR count). The number of hydrogen-bond donors (Lipinski definition) is 2. The maximum atomic E-state index is 11.3. The molecule has 1 atom stereocenters. The Morgan fingerprint density at radius 2 is 2.19 bits per heavy atom. The molecule has 16 heavy (non-hydrogen) atoms. The summed E-state index contributed by atoms with van der Waals surface area (Å²) in [7, 11) is 1.72. The van der Waals surface area contributed by atoms with Crippen molar-refractivity contribution in [3.8, 4) is 0 Å². The van der Waals surface area contributed by atoms with Gasteiger partial charge in [-0.15, -0.1) is 12.4 Å². The first-order chi connectivity index (χ1) is 7.09. The van der Waals surface area contributed by atoms with E-state index in [1.807, 2.05) is 0 Å². The summed E-state index contributed by atoms with van der Waals surface area (Å²) in [6, 6.07) is -0.412. The number of carbonyl (C=O) groups excluding carboxylic acids is 1. The Hall–Kier alpha value is -0.320. The fourth-order valence-electron chi connectivity index (χ4n) is 1.95. The summed E-state index contributed by atoms with van der Waals surface area (Å²) in [6.07, 6.45) is 4.67. The summed E-state index contributed by atoms with van der Waals surface area (Å²) in [5.74, 6) is -0.0568. The molecule has 0 heterocycles. The van der Waals surface area contributed by atoms with Gasteiger partial charge < -0.3 is 15.8 Å². The molecule has 1 aliphatic rings. The molecule has 0 radical (unpaired) electrons. The number of amides is 1. The Morgan fingerprint density at radius 1 is 1.56 bits per heavy atom. The van der Waals surface area contributed by atoms with Crippen LogP contribution in [0, 0.1) is 5.41 Å². The van der Waals surface area contributed by atoms with Gasteiger partial charge in [-0.2, -0.15) is 0 Å². The Labute approximate surface area is 104 Å². The molecule has 0 aromatic heterocycles. The Bertz CT molecular complexity index is 218. The zero-order chi connectivity index (χ0) is 11.3. The predicted octanol–water partition coefficient (Wildman–Crippen LogP) is 1.08. The molecule has 1 amide bonds. The van der Waals surface area contributed by atoms with Crippen molar-refractivity contribution in [1.29, 1.82) is 0 Å². The number of rotatable bonds is 6. The van der Waals surface area contributed by atoms with Crippen LogP contribution in [0.25, 0.3) is 0 Å². The van der Waals surface area contributed by atoms with Gasteiger partial charge in [-0.1, -0.05) is 6.42 Å². The molecule has 96 valence electrons. The average molecular weight is 251 g/mol. The van der Waals surface area contributed by atoms with Gasteiger partial charge in [-0.05, 0) is 31.6 Å². The van der Waals surface area contributed by atoms with Gasteiger partial charge in [0.15, 0.2) is 0 Å². The van der Waals surface area contributed by atoms with Gasteiger partial charge in [0, 0.05) is 20.3 Å². The molecule has 1 saturated carbocycles. The normalized spacial score (nSPS) is 19.2. The first-order valence-corrected chi connectivity index (χ1v) is 5.62. The van der Waals surface area contributed by atoms with Crippen LogP contribution in [-0.2, 0) is 9.53 Å². The number of methoxy groups -OCH3 is 1. The van der Waals surface area contributed by atoms with Gasteiger partial charge in [0.05, 0.1) is 6.04 Å². The van der Waals surface area contributed by atoms with Crippen LogP contribution in [0.5, 0.6) is 0 Å². The summed E-state index contributed by atoms with van der Waals surface area (Å²) < 4.78 is 5.09. The van der Waals surface area contributed by atoms with E-state index in [4.69, 9.17) is 10.5 Å². The van der Waals surface area contributed by atoms with Gasteiger partial charge >= 0.3 is 0 Å². The van der Waals surface area contributed by atoms with Crippen LogP contribution in [0.15, 0.2) is 0 Å². The van der Waals surface area contributed by atoms with Crippen LogP contribution in [0.4, 0.5) is 0 Å². The highest BCUT2D eigenvalue weighted by molar-refractivity contribution is 5.85. The molecular formula is C11H23ClN2O2. The minimum absolute atomic E-state index is 0. The predicted molar refractivity (Wildman–Crippen MR) is 66.7 cm³/mol. The number of halogens is 1. The highest BCUT2D eigenvalue weighted by atomic mass is 35.5. The molecule has 3 N–H and O–H groups in total. The van der Waals surface area contributed by atoms with Gasteiger partial charge in [0.25, 0.3) is 0 Å². The summed E-state index contributed by atoms with van der Waals surface area (Å²) in [5.41, 5.74) is 5.77. The molecular weight excluding hydrogens is 228 g/mol. The fraction of sp³-hybridized carbons (Fsp3) is 0.909. The minimum atomic E-state index is -0.412. The van der Waals surface area contributed by atoms with Crippen LogP contribution >= 0.6 is 12.4 Å². The van der Waals surface area contributed by atoms with Crippen molar-refractivity contribution < 1.29 is 9.53 Å². The molecule has 0 unspecified atom stereocenters. The van der Waals surface area contributed by atoms with Crippen molar-refractivity contribution in [3.05, 3.63) is 0 Å². The lowest BCUT2D eigenvalue weighted by Gasteiger charge is -2.42. The smallest absolute Gasteiger partial charge is 0.236 e. The summed E-state index contributed by atoms with van der Waals surface area (Å²) >= 11 is 0. The van der Waals surface area contributed by atoms with Crippen LogP contribution in [-0.4, -0.2) is 32.2 Å². The third-order valence-corrected chi connectivity index (χ3v) is 3.30. The van der Waals surface area contributed by atoms with Crippen molar-refractivity contribution in [2.45, 2.75) is 38.6 Å². The molecule has 0 spiro atoms. The van der Waals surface area contributed by atoms with Gasteiger partial charge in [-0.3, -0.25) is 4.79 Å².